The highest BCUT2D eigenvalue weighted by molar-refractivity contribution is 5.87. The summed E-state index contributed by atoms with van der Waals surface area (Å²) in [6.45, 7) is 2.72. The number of aryl methyl sites for hydroxylation is 1. The van der Waals surface area contributed by atoms with E-state index in [2.05, 4.69) is 44.2 Å². The van der Waals surface area contributed by atoms with Crippen molar-refractivity contribution in [3.8, 4) is 0 Å². The molecule has 30 heavy (non-hydrogen) atoms. The fraction of sp³-hybridized carbons (Fsp3) is 0.190. The molecule has 0 aliphatic rings. The van der Waals surface area contributed by atoms with Crippen molar-refractivity contribution < 1.29 is 9.90 Å². The number of carboxylic acids is 1. The van der Waals surface area contributed by atoms with E-state index < -0.39 is 5.97 Å². The van der Waals surface area contributed by atoms with Crippen LogP contribution in [0.5, 0.6) is 0 Å². The van der Waals surface area contributed by atoms with E-state index in [0.29, 0.717) is 23.5 Å². The first-order valence-electron chi connectivity index (χ1n) is 9.42. The molecule has 0 bridgehead atoms. The Hall–Kier alpha value is -4.01. The van der Waals surface area contributed by atoms with Gasteiger partial charge in [-0.05, 0) is 28.8 Å². The van der Waals surface area contributed by atoms with Crippen LogP contribution in [0.3, 0.4) is 0 Å². The average molecular weight is 403 g/mol. The summed E-state index contributed by atoms with van der Waals surface area (Å²) in [6.07, 6.45) is 1.48. The van der Waals surface area contributed by atoms with Crippen molar-refractivity contribution >= 4 is 45.5 Å². The molecule has 0 spiro atoms. The third kappa shape index (κ3) is 3.77. The smallest absolute Gasteiger partial charge is 0.305 e. The zero-order chi connectivity index (χ0) is 21.3. The van der Waals surface area contributed by atoms with E-state index in [9.17, 15) is 9.90 Å². The zero-order valence-electron chi connectivity index (χ0n) is 16.4. The van der Waals surface area contributed by atoms with Crippen LogP contribution in [-0.2, 0) is 11.3 Å². The Morgan fingerprint density at radius 1 is 1.07 bits per heavy atom. The molecule has 9 nitrogen and oxygen atoms in total. The predicted molar refractivity (Wildman–Crippen MR) is 116 cm³/mol. The summed E-state index contributed by atoms with van der Waals surface area (Å²) < 4.78 is 0. The minimum Gasteiger partial charge on any atom is -0.481 e. The van der Waals surface area contributed by atoms with Gasteiger partial charge in [-0.3, -0.25) is 4.79 Å². The summed E-state index contributed by atoms with van der Waals surface area (Å²) >= 11 is 0. The van der Waals surface area contributed by atoms with Gasteiger partial charge in [-0.1, -0.05) is 36.4 Å². The van der Waals surface area contributed by atoms with E-state index in [4.69, 9.17) is 11.5 Å². The Balaban J connectivity index is 1.79. The van der Waals surface area contributed by atoms with Gasteiger partial charge in [0.25, 0.3) is 0 Å². The van der Waals surface area contributed by atoms with Gasteiger partial charge >= 0.3 is 5.97 Å². The van der Waals surface area contributed by atoms with E-state index in [-0.39, 0.29) is 24.7 Å². The second kappa shape index (κ2) is 7.78. The molecular weight excluding hydrogens is 382 g/mol. The van der Waals surface area contributed by atoms with E-state index >= 15 is 0 Å². The van der Waals surface area contributed by atoms with Crippen molar-refractivity contribution in [2.75, 3.05) is 22.9 Å². The lowest BCUT2D eigenvalue weighted by Crippen LogP contribution is -2.28. The number of aromatic nitrogens is 4. The van der Waals surface area contributed by atoms with Gasteiger partial charge in [-0.15, -0.1) is 0 Å². The van der Waals surface area contributed by atoms with Gasteiger partial charge in [0.2, 0.25) is 11.9 Å². The number of hydrogen-bond donors (Lipinski definition) is 3. The second-order valence-electron chi connectivity index (χ2n) is 7.02. The number of aliphatic carboxylic acids is 1. The maximum Gasteiger partial charge on any atom is 0.305 e. The van der Waals surface area contributed by atoms with Crippen LogP contribution >= 0.6 is 0 Å². The van der Waals surface area contributed by atoms with Crippen LogP contribution in [0.15, 0.2) is 42.6 Å². The highest BCUT2D eigenvalue weighted by Crippen LogP contribution is 2.26. The number of rotatable bonds is 6. The zero-order valence-corrected chi connectivity index (χ0v) is 16.4. The lowest BCUT2D eigenvalue weighted by molar-refractivity contribution is -0.136. The first-order valence-corrected chi connectivity index (χ1v) is 9.42. The molecule has 0 amide bonds. The summed E-state index contributed by atoms with van der Waals surface area (Å²) in [4.78, 5) is 30.0. The van der Waals surface area contributed by atoms with Gasteiger partial charge in [0.1, 0.15) is 5.82 Å². The molecule has 152 valence electrons. The molecule has 0 radical (unpaired) electrons. The van der Waals surface area contributed by atoms with Crippen molar-refractivity contribution in [1.82, 2.24) is 19.9 Å². The van der Waals surface area contributed by atoms with E-state index in [1.807, 2.05) is 24.0 Å². The highest BCUT2D eigenvalue weighted by Gasteiger charge is 2.17. The van der Waals surface area contributed by atoms with Crippen molar-refractivity contribution in [1.29, 1.82) is 0 Å². The van der Waals surface area contributed by atoms with Crippen LogP contribution < -0.4 is 16.4 Å². The number of nitrogens with zero attached hydrogens (tertiary/aromatic N) is 5. The van der Waals surface area contributed by atoms with Gasteiger partial charge in [0.05, 0.1) is 11.8 Å². The highest BCUT2D eigenvalue weighted by atomic mass is 16.4. The third-order valence-corrected chi connectivity index (χ3v) is 4.99. The Bertz CT molecular complexity index is 1260. The molecule has 2 aromatic carbocycles. The summed E-state index contributed by atoms with van der Waals surface area (Å²) in [6, 6.07) is 12.2. The molecule has 0 saturated carbocycles. The monoisotopic (exact) mass is 403 g/mol. The molecule has 5 N–H and O–H groups in total. The first kappa shape index (κ1) is 19.3. The Morgan fingerprint density at radius 3 is 2.67 bits per heavy atom. The lowest BCUT2D eigenvalue weighted by atomic mass is 9.99. The van der Waals surface area contributed by atoms with Gasteiger partial charge in [0.15, 0.2) is 5.65 Å². The average Bonchev–Trinajstić information content (AvgIpc) is 2.71. The van der Waals surface area contributed by atoms with Crippen molar-refractivity contribution in [2.45, 2.75) is 19.9 Å². The molecule has 0 fully saturated rings. The van der Waals surface area contributed by atoms with E-state index in [1.54, 1.807) is 0 Å². The number of nitrogens with two attached hydrogens (primary N) is 2. The van der Waals surface area contributed by atoms with Gasteiger partial charge in [-0.25, -0.2) is 4.98 Å². The normalized spacial score (nSPS) is 11.1. The minimum absolute atomic E-state index is 0.0200. The molecule has 0 aliphatic carbocycles. The fourth-order valence-electron chi connectivity index (χ4n) is 3.43. The quantitative estimate of drug-likeness (QED) is 0.442. The van der Waals surface area contributed by atoms with Crippen LogP contribution in [0.4, 0.5) is 17.7 Å². The molecule has 2 heterocycles. The van der Waals surface area contributed by atoms with Crippen molar-refractivity contribution in [3.63, 3.8) is 0 Å². The number of carboxylic acid groups (broad SMARTS) is 1. The Morgan fingerprint density at radius 2 is 1.87 bits per heavy atom. The lowest BCUT2D eigenvalue weighted by Gasteiger charge is -2.24. The standard InChI is InChI=1S/C21H21N7O2/c1-12-6-7-13-4-2-3-5-14(13)16(12)11-28(9-8-17(29)30)21-24-10-15-18(22)25-20(23)26-19(15)27-21/h2-7,10H,8-9,11H2,1H3,(H,29,30)(H4,22,23,24,25,26,27). The van der Waals surface area contributed by atoms with Crippen molar-refractivity contribution in [3.05, 3.63) is 53.7 Å². The molecule has 2 aromatic heterocycles. The fourth-order valence-corrected chi connectivity index (χ4v) is 3.43. The van der Waals surface area contributed by atoms with Gasteiger partial charge < -0.3 is 21.5 Å². The number of hydrogen-bond acceptors (Lipinski definition) is 8. The predicted octanol–water partition coefficient (Wildman–Crippen LogP) is 2.53. The molecule has 4 aromatic rings. The van der Waals surface area contributed by atoms with Gasteiger partial charge in [0, 0.05) is 19.3 Å². The topological polar surface area (TPSA) is 144 Å². The van der Waals surface area contributed by atoms with Gasteiger partial charge in [-0.2, -0.15) is 15.0 Å². The van der Waals surface area contributed by atoms with Crippen molar-refractivity contribution in [2.24, 2.45) is 0 Å². The SMILES string of the molecule is Cc1ccc2ccccc2c1CN(CCC(=O)O)c1ncc2c(N)nc(N)nc2n1. The number of benzene rings is 2. The number of nitrogen functional groups attached to an aromatic ring is 2. The van der Waals surface area contributed by atoms with Crippen LogP contribution in [0.2, 0.25) is 0 Å². The summed E-state index contributed by atoms with van der Waals surface area (Å²) in [5.74, 6) is -0.322. The first-order chi connectivity index (χ1) is 14.4. The molecule has 9 heteroatoms. The van der Waals surface area contributed by atoms with Crippen LogP contribution in [0, 0.1) is 6.92 Å². The number of carbonyl (C=O) groups is 1. The molecule has 0 aliphatic heterocycles. The minimum atomic E-state index is -0.897. The molecule has 0 unspecified atom stereocenters. The summed E-state index contributed by atoms with van der Waals surface area (Å²) in [5.41, 5.74) is 14.1. The van der Waals surface area contributed by atoms with E-state index in [1.165, 1.54) is 6.20 Å². The Labute approximate surface area is 172 Å². The van der Waals surface area contributed by atoms with Crippen LogP contribution in [-0.4, -0.2) is 37.6 Å². The molecule has 4 rings (SSSR count). The number of fused-ring (bicyclic) bond motifs is 2. The molecule has 0 saturated heterocycles. The largest absolute Gasteiger partial charge is 0.481 e. The van der Waals surface area contributed by atoms with Crippen LogP contribution in [0.25, 0.3) is 21.8 Å². The summed E-state index contributed by atoms with van der Waals surface area (Å²) in [7, 11) is 0. The number of anilines is 3. The second-order valence-corrected chi connectivity index (χ2v) is 7.02. The van der Waals surface area contributed by atoms with E-state index in [0.717, 1.165) is 21.9 Å². The summed E-state index contributed by atoms with van der Waals surface area (Å²) in [5, 5.41) is 11.9. The third-order valence-electron chi connectivity index (χ3n) is 4.99. The maximum atomic E-state index is 11.2. The maximum absolute atomic E-state index is 11.2. The van der Waals surface area contributed by atoms with Crippen LogP contribution in [0.1, 0.15) is 17.5 Å². The molecule has 0 atom stereocenters. The molecular formula is C21H21N7O2. The Kier molecular flexibility index (Phi) is 5.01.